The third kappa shape index (κ3) is 3.98. The Kier molecular flexibility index (Phi) is 4.39. The van der Waals surface area contributed by atoms with Gasteiger partial charge in [-0.2, -0.15) is 0 Å². The molecule has 0 amide bonds. The maximum Gasteiger partial charge on any atom is 0.222 e. The van der Waals surface area contributed by atoms with Gasteiger partial charge in [-0.25, -0.2) is 0 Å². The quantitative estimate of drug-likeness (QED) is 0.618. The molecule has 1 aromatic carbocycles. The highest BCUT2D eigenvalue weighted by atomic mass is 35.7. The summed E-state index contributed by atoms with van der Waals surface area (Å²) in [7, 11) is 0. The summed E-state index contributed by atoms with van der Waals surface area (Å²) in [5, 5.41) is 0.0654. The molecule has 1 aromatic rings. The van der Waals surface area contributed by atoms with E-state index in [2.05, 4.69) is 0 Å². The normalized spacial score (nSPS) is 14.6. The minimum Gasteiger partial charge on any atom is -0.302 e. The Hall–Kier alpha value is -0.300. The van der Waals surface area contributed by atoms with Crippen LogP contribution in [0.5, 0.6) is 0 Å². The number of hydrogen-bond donors (Lipinski definition) is 0. The third-order valence-corrected chi connectivity index (χ3v) is 5.17. The Bertz CT molecular complexity index is 400. The zero-order chi connectivity index (χ0) is 11.5. The Balaban J connectivity index is 2.81. The van der Waals surface area contributed by atoms with Gasteiger partial charge in [0.2, 0.25) is 5.24 Å². The van der Waals surface area contributed by atoms with E-state index in [0.717, 1.165) is 5.56 Å². The molecule has 0 saturated heterocycles. The van der Waals surface area contributed by atoms with Crippen molar-refractivity contribution in [2.45, 2.75) is 13.3 Å². The number of rotatable bonds is 4. The smallest absolute Gasteiger partial charge is 0.222 e. The first-order chi connectivity index (χ1) is 6.92. The molecule has 82 valence electrons. The fraction of sp³-hybridized carbons (Fsp3) is 0.300. The van der Waals surface area contributed by atoms with Gasteiger partial charge in [0.1, 0.15) is 0 Å². The van der Waals surface area contributed by atoms with Crippen LogP contribution in [0.2, 0.25) is 0 Å². The molecule has 1 atom stereocenters. The Morgan fingerprint density at radius 2 is 1.87 bits per heavy atom. The highest BCUT2D eigenvalue weighted by Crippen LogP contribution is 2.50. The molecule has 5 heteroatoms. The lowest BCUT2D eigenvalue weighted by atomic mass is 10.2. The first kappa shape index (κ1) is 12.8. The molecule has 0 aliphatic carbocycles. The Morgan fingerprint density at radius 1 is 1.33 bits per heavy atom. The van der Waals surface area contributed by atoms with Crippen molar-refractivity contribution in [2.24, 2.45) is 0 Å². The summed E-state index contributed by atoms with van der Waals surface area (Å²) in [5.41, 5.74) is 1.07. The molecule has 0 radical (unpaired) electrons. The lowest BCUT2D eigenvalue weighted by Crippen LogP contribution is -2.05. The van der Waals surface area contributed by atoms with Gasteiger partial charge >= 0.3 is 0 Å². The SMILES string of the molecule is Cc1ccc(P(=O)(Cl)CCC(=O)Cl)cc1. The number of aryl methyl sites for hydroxylation is 1. The summed E-state index contributed by atoms with van der Waals surface area (Å²) in [6.45, 7) is -1.02. The summed E-state index contributed by atoms with van der Waals surface area (Å²) in [6.07, 6.45) is 0.149. The van der Waals surface area contributed by atoms with Crippen molar-refractivity contribution in [3.63, 3.8) is 0 Å². The van der Waals surface area contributed by atoms with Crippen molar-refractivity contribution in [3.8, 4) is 0 Å². The Labute approximate surface area is 98.7 Å². The zero-order valence-corrected chi connectivity index (χ0v) is 10.6. The summed E-state index contributed by atoms with van der Waals surface area (Å²) >= 11 is 11.1. The minimum atomic E-state index is -2.95. The highest BCUT2D eigenvalue weighted by Gasteiger charge is 2.21. The van der Waals surface area contributed by atoms with Crippen molar-refractivity contribution >= 4 is 39.9 Å². The van der Waals surface area contributed by atoms with Crippen LogP contribution in [-0.2, 0) is 9.36 Å². The second kappa shape index (κ2) is 5.16. The van der Waals surface area contributed by atoms with E-state index in [1.807, 2.05) is 19.1 Å². The van der Waals surface area contributed by atoms with Gasteiger partial charge in [0.25, 0.3) is 0 Å². The fourth-order valence-electron chi connectivity index (χ4n) is 1.13. The highest BCUT2D eigenvalue weighted by molar-refractivity contribution is 7.95. The van der Waals surface area contributed by atoms with Crippen LogP contribution in [0.25, 0.3) is 0 Å². The number of halogens is 2. The largest absolute Gasteiger partial charge is 0.302 e. The molecule has 15 heavy (non-hydrogen) atoms. The maximum atomic E-state index is 12.0. The predicted octanol–water partition coefficient (Wildman–Crippen LogP) is 3.29. The molecule has 0 bridgehead atoms. The summed E-state index contributed by atoms with van der Waals surface area (Å²) in [4.78, 5) is 10.6. The molecule has 0 aromatic heterocycles. The van der Waals surface area contributed by atoms with E-state index in [4.69, 9.17) is 22.8 Å². The summed E-state index contributed by atoms with van der Waals surface area (Å²) in [6, 6.07) is 7.13. The van der Waals surface area contributed by atoms with E-state index in [1.165, 1.54) is 0 Å². The maximum absolute atomic E-state index is 12.0. The monoisotopic (exact) mass is 264 g/mol. The van der Waals surface area contributed by atoms with Gasteiger partial charge in [-0.15, -0.1) is 0 Å². The molecular weight excluding hydrogens is 254 g/mol. The molecule has 0 saturated carbocycles. The molecule has 1 unspecified atom stereocenters. The van der Waals surface area contributed by atoms with Crippen molar-refractivity contribution in [1.82, 2.24) is 0 Å². The number of carbonyl (C=O) groups excluding carboxylic acids is 1. The van der Waals surface area contributed by atoms with Gasteiger partial charge in [-0.05, 0) is 29.8 Å². The third-order valence-electron chi connectivity index (χ3n) is 2.02. The van der Waals surface area contributed by atoms with E-state index in [1.54, 1.807) is 12.1 Å². The summed E-state index contributed by atoms with van der Waals surface area (Å²) in [5.74, 6) is 0. The molecule has 0 aliphatic rings. The fourth-order valence-corrected chi connectivity index (χ4v) is 3.29. The van der Waals surface area contributed by atoms with Crippen molar-refractivity contribution in [1.29, 1.82) is 0 Å². The van der Waals surface area contributed by atoms with Gasteiger partial charge in [0.15, 0.2) is 6.49 Å². The standard InChI is InChI=1S/C10H11Cl2O2P/c1-8-2-4-9(5-3-8)15(12,14)7-6-10(11)13/h2-5H,6-7H2,1H3. The van der Waals surface area contributed by atoms with Crippen LogP contribution in [0.1, 0.15) is 12.0 Å². The molecule has 2 nitrogen and oxygen atoms in total. The van der Waals surface area contributed by atoms with E-state index >= 15 is 0 Å². The van der Waals surface area contributed by atoms with Gasteiger partial charge in [-0.1, -0.05) is 29.8 Å². The van der Waals surface area contributed by atoms with Crippen LogP contribution < -0.4 is 5.30 Å². The van der Waals surface area contributed by atoms with Gasteiger partial charge in [-0.3, -0.25) is 4.79 Å². The topological polar surface area (TPSA) is 34.1 Å². The number of benzene rings is 1. The van der Waals surface area contributed by atoms with E-state index < -0.39 is 11.7 Å². The van der Waals surface area contributed by atoms with Crippen LogP contribution >= 0.6 is 29.3 Å². The average molecular weight is 265 g/mol. The Morgan fingerprint density at radius 3 is 2.33 bits per heavy atom. The van der Waals surface area contributed by atoms with Crippen LogP contribution in [0.15, 0.2) is 24.3 Å². The number of hydrogen-bond acceptors (Lipinski definition) is 2. The van der Waals surface area contributed by atoms with Gasteiger partial charge < -0.3 is 4.57 Å². The van der Waals surface area contributed by atoms with E-state index in [0.29, 0.717) is 5.30 Å². The van der Waals surface area contributed by atoms with Crippen LogP contribution in [0.4, 0.5) is 0 Å². The van der Waals surface area contributed by atoms with Gasteiger partial charge in [0, 0.05) is 17.9 Å². The molecule has 0 N–H and O–H groups in total. The van der Waals surface area contributed by atoms with Crippen molar-refractivity contribution < 1.29 is 9.36 Å². The second-order valence-electron chi connectivity index (χ2n) is 3.32. The lowest BCUT2D eigenvalue weighted by Gasteiger charge is -2.09. The molecule has 1 rings (SSSR count). The minimum absolute atomic E-state index is 0.0379. The van der Waals surface area contributed by atoms with Crippen LogP contribution in [-0.4, -0.2) is 11.4 Å². The zero-order valence-electron chi connectivity index (χ0n) is 8.24. The molecule has 0 heterocycles. The first-order valence-corrected chi connectivity index (χ1v) is 7.63. The van der Waals surface area contributed by atoms with Gasteiger partial charge in [0.05, 0.1) is 0 Å². The van der Waals surface area contributed by atoms with Crippen molar-refractivity contribution in [3.05, 3.63) is 29.8 Å². The lowest BCUT2D eigenvalue weighted by molar-refractivity contribution is -0.111. The molecule has 0 aliphatic heterocycles. The molecule has 0 spiro atoms. The first-order valence-electron chi connectivity index (χ1n) is 4.46. The second-order valence-corrected chi connectivity index (χ2v) is 7.64. The summed E-state index contributed by atoms with van der Waals surface area (Å²) < 4.78 is 12.0. The van der Waals surface area contributed by atoms with Crippen LogP contribution in [0.3, 0.4) is 0 Å². The average Bonchev–Trinajstić information content (AvgIpc) is 2.16. The predicted molar refractivity (Wildman–Crippen MR) is 64.6 cm³/mol. The van der Waals surface area contributed by atoms with E-state index in [9.17, 15) is 9.36 Å². The molecule has 0 fully saturated rings. The van der Waals surface area contributed by atoms with Crippen LogP contribution in [0, 0.1) is 6.92 Å². The number of carbonyl (C=O) groups is 1. The van der Waals surface area contributed by atoms with E-state index in [-0.39, 0.29) is 12.6 Å². The van der Waals surface area contributed by atoms with Crippen molar-refractivity contribution in [2.75, 3.05) is 6.16 Å². The molecular formula is C10H11Cl2O2P.